The molecule has 0 aromatic heterocycles. The highest BCUT2D eigenvalue weighted by molar-refractivity contribution is 5.77. The smallest absolute Gasteiger partial charge is 0.0918 e. The lowest BCUT2D eigenvalue weighted by Crippen LogP contribution is -1.77. The molecule has 72 valence electrons. The predicted octanol–water partition coefficient (Wildman–Crippen LogP) is 3.74. The van der Waals surface area contributed by atoms with Crippen molar-refractivity contribution >= 4 is 11.7 Å². The summed E-state index contributed by atoms with van der Waals surface area (Å²) in [4.78, 5) is 3.90. The maximum atomic E-state index is 6.88. The number of hydrogen-bond acceptors (Lipinski definition) is 2. The number of para-hydroxylation sites is 1. The molecule has 2 rings (SSSR count). The minimum atomic E-state index is 0.777. The Morgan fingerprint density at radius 3 is 2.27 bits per heavy atom. The SMILES string of the molecule is N=C=Nc1ccccc1-c1ccccc1. The van der Waals surface area contributed by atoms with Crippen molar-refractivity contribution in [2.24, 2.45) is 4.99 Å². The predicted molar refractivity (Wildman–Crippen MR) is 61.7 cm³/mol. The van der Waals surface area contributed by atoms with Gasteiger partial charge in [0.1, 0.15) is 0 Å². The highest BCUT2D eigenvalue weighted by atomic mass is 14.7. The van der Waals surface area contributed by atoms with Crippen LogP contribution in [0.1, 0.15) is 0 Å². The van der Waals surface area contributed by atoms with E-state index < -0.39 is 0 Å². The summed E-state index contributed by atoms with van der Waals surface area (Å²) in [7, 11) is 0. The summed E-state index contributed by atoms with van der Waals surface area (Å²) in [6.07, 6.45) is 0. The van der Waals surface area contributed by atoms with Gasteiger partial charge in [-0.05, 0) is 11.6 Å². The molecule has 0 aliphatic carbocycles. The van der Waals surface area contributed by atoms with Crippen molar-refractivity contribution in [3.8, 4) is 11.1 Å². The summed E-state index contributed by atoms with van der Waals surface area (Å²) in [6, 6.07) is 19.8. The van der Waals surface area contributed by atoms with Crippen LogP contribution >= 0.6 is 0 Å². The van der Waals surface area contributed by atoms with Gasteiger partial charge in [-0.15, -0.1) is 0 Å². The van der Waals surface area contributed by atoms with E-state index in [4.69, 9.17) is 5.41 Å². The number of aliphatic imine (C=N–C) groups is 1. The number of hydrogen-bond donors (Lipinski definition) is 1. The minimum Gasteiger partial charge on any atom is -0.241 e. The van der Waals surface area contributed by atoms with Gasteiger partial charge < -0.3 is 0 Å². The second-order valence-electron chi connectivity index (χ2n) is 3.11. The molecule has 2 nitrogen and oxygen atoms in total. The summed E-state index contributed by atoms with van der Waals surface area (Å²) in [5.74, 6) is 0. The highest BCUT2D eigenvalue weighted by Gasteiger charge is 2.01. The Kier molecular flexibility index (Phi) is 2.72. The fraction of sp³-hybridized carbons (Fsp3) is 0. The van der Waals surface area contributed by atoms with Crippen molar-refractivity contribution < 1.29 is 0 Å². The van der Waals surface area contributed by atoms with Crippen molar-refractivity contribution in [2.75, 3.05) is 0 Å². The lowest BCUT2D eigenvalue weighted by atomic mass is 10.0. The van der Waals surface area contributed by atoms with Crippen LogP contribution in [0.15, 0.2) is 59.6 Å². The van der Waals surface area contributed by atoms with Crippen LogP contribution in [-0.2, 0) is 0 Å². The Morgan fingerprint density at radius 1 is 0.867 bits per heavy atom. The minimum absolute atomic E-state index is 0.777. The van der Waals surface area contributed by atoms with Crippen molar-refractivity contribution in [1.82, 2.24) is 0 Å². The molecule has 0 aliphatic rings. The largest absolute Gasteiger partial charge is 0.241 e. The van der Waals surface area contributed by atoms with E-state index in [1.165, 1.54) is 0 Å². The Bertz CT molecular complexity index is 497. The molecular formula is C13H10N2. The van der Waals surface area contributed by atoms with Gasteiger partial charge in [-0.25, -0.2) is 5.41 Å². The van der Waals surface area contributed by atoms with E-state index in [0.717, 1.165) is 16.8 Å². The summed E-state index contributed by atoms with van der Waals surface area (Å²) >= 11 is 0. The molecule has 0 heterocycles. The van der Waals surface area contributed by atoms with Crippen LogP contribution in [0.5, 0.6) is 0 Å². The van der Waals surface area contributed by atoms with E-state index in [9.17, 15) is 0 Å². The van der Waals surface area contributed by atoms with Gasteiger partial charge in [-0.1, -0.05) is 48.5 Å². The molecule has 2 heteroatoms. The van der Waals surface area contributed by atoms with Gasteiger partial charge >= 0.3 is 0 Å². The molecule has 0 aliphatic heterocycles. The molecule has 0 spiro atoms. The van der Waals surface area contributed by atoms with Crippen LogP contribution in [0.3, 0.4) is 0 Å². The monoisotopic (exact) mass is 194 g/mol. The average Bonchev–Trinajstić information content (AvgIpc) is 2.31. The van der Waals surface area contributed by atoms with Gasteiger partial charge in [0.2, 0.25) is 0 Å². The number of rotatable bonds is 2. The van der Waals surface area contributed by atoms with E-state index in [-0.39, 0.29) is 0 Å². The Hall–Kier alpha value is -2.18. The lowest BCUT2D eigenvalue weighted by molar-refractivity contribution is 1.48. The van der Waals surface area contributed by atoms with Gasteiger partial charge in [0, 0.05) is 5.56 Å². The van der Waals surface area contributed by atoms with Gasteiger partial charge in [0.05, 0.1) is 11.7 Å². The average molecular weight is 194 g/mol. The quantitative estimate of drug-likeness (QED) is 0.707. The molecule has 0 fully saturated rings. The molecule has 0 saturated carbocycles. The lowest BCUT2D eigenvalue weighted by Gasteiger charge is -2.03. The standard InChI is InChI=1S/C13H10N2/c14-10-15-13-9-5-4-8-12(13)11-6-2-1-3-7-11/h1-9,14H. The number of nitrogens with one attached hydrogen (secondary N) is 1. The van der Waals surface area contributed by atoms with E-state index in [1.54, 1.807) is 0 Å². The van der Waals surface area contributed by atoms with Crippen LogP contribution in [0.2, 0.25) is 0 Å². The molecule has 0 unspecified atom stereocenters. The Balaban J connectivity index is 2.58. The van der Waals surface area contributed by atoms with Crippen LogP contribution in [0.25, 0.3) is 11.1 Å². The van der Waals surface area contributed by atoms with Gasteiger partial charge in [0.15, 0.2) is 0 Å². The fourth-order valence-corrected chi connectivity index (χ4v) is 1.49. The third-order valence-corrected chi connectivity index (χ3v) is 2.17. The summed E-state index contributed by atoms with van der Waals surface area (Å²) in [5.41, 5.74) is 2.91. The molecule has 0 saturated heterocycles. The summed E-state index contributed by atoms with van der Waals surface area (Å²) in [6.45, 7) is 0. The Morgan fingerprint density at radius 2 is 1.53 bits per heavy atom. The van der Waals surface area contributed by atoms with Crippen molar-refractivity contribution in [3.05, 3.63) is 54.6 Å². The third kappa shape index (κ3) is 2.01. The van der Waals surface area contributed by atoms with Crippen molar-refractivity contribution in [3.63, 3.8) is 0 Å². The zero-order chi connectivity index (χ0) is 10.5. The second kappa shape index (κ2) is 4.36. The summed E-state index contributed by atoms with van der Waals surface area (Å²) < 4.78 is 0. The van der Waals surface area contributed by atoms with E-state index in [2.05, 4.69) is 11.0 Å². The van der Waals surface area contributed by atoms with Crippen LogP contribution in [-0.4, -0.2) is 6.01 Å². The molecule has 1 N–H and O–H groups in total. The molecule has 2 aromatic rings. The van der Waals surface area contributed by atoms with E-state index in [1.807, 2.05) is 54.6 Å². The first kappa shape index (κ1) is 9.38. The molecule has 0 atom stereocenters. The first-order valence-corrected chi connectivity index (χ1v) is 4.69. The molecule has 15 heavy (non-hydrogen) atoms. The number of nitrogens with zero attached hydrogens (tertiary/aromatic N) is 1. The van der Waals surface area contributed by atoms with Crippen LogP contribution in [0.4, 0.5) is 5.69 Å². The van der Waals surface area contributed by atoms with Crippen molar-refractivity contribution in [2.45, 2.75) is 0 Å². The topological polar surface area (TPSA) is 36.2 Å². The zero-order valence-electron chi connectivity index (χ0n) is 8.14. The zero-order valence-corrected chi connectivity index (χ0v) is 8.14. The summed E-state index contributed by atoms with van der Waals surface area (Å²) in [5, 5.41) is 6.88. The molecule has 0 amide bonds. The second-order valence-corrected chi connectivity index (χ2v) is 3.11. The maximum absolute atomic E-state index is 6.88. The van der Waals surface area contributed by atoms with Gasteiger partial charge in [-0.3, -0.25) is 0 Å². The Labute approximate surface area is 88.4 Å². The van der Waals surface area contributed by atoms with Gasteiger partial charge in [0.25, 0.3) is 0 Å². The molecular weight excluding hydrogens is 184 g/mol. The third-order valence-electron chi connectivity index (χ3n) is 2.17. The fourth-order valence-electron chi connectivity index (χ4n) is 1.49. The highest BCUT2D eigenvalue weighted by Crippen LogP contribution is 2.29. The maximum Gasteiger partial charge on any atom is 0.0918 e. The molecule has 0 radical (unpaired) electrons. The molecule has 2 aromatic carbocycles. The normalized spacial score (nSPS) is 9.33. The van der Waals surface area contributed by atoms with Crippen LogP contribution in [0, 0.1) is 5.41 Å². The first-order valence-electron chi connectivity index (χ1n) is 4.69. The van der Waals surface area contributed by atoms with E-state index >= 15 is 0 Å². The van der Waals surface area contributed by atoms with Crippen LogP contribution < -0.4 is 0 Å². The first-order chi connectivity index (χ1) is 7.42. The number of benzene rings is 2. The van der Waals surface area contributed by atoms with Gasteiger partial charge in [-0.2, -0.15) is 4.99 Å². The van der Waals surface area contributed by atoms with Crippen molar-refractivity contribution in [1.29, 1.82) is 5.41 Å². The molecule has 0 bridgehead atoms. The van der Waals surface area contributed by atoms with E-state index in [0.29, 0.717) is 0 Å².